The molecule has 198 valence electrons. The van der Waals surface area contributed by atoms with Crippen molar-refractivity contribution in [2.75, 3.05) is 19.8 Å². The molecule has 4 rings (SSSR count). The minimum absolute atomic E-state index is 0.0881. The van der Waals surface area contributed by atoms with Crippen LogP contribution < -0.4 is 14.2 Å². The SMILES string of the molecule is CCOc1cc(/C=C2/SC(=S)N(Cc3ccccc3)C2=O)ccc1OCCOc1ccc(C(C)(C)C)cc1. The van der Waals surface area contributed by atoms with Crippen LogP contribution >= 0.6 is 24.0 Å². The zero-order valence-electron chi connectivity index (χ0n) is 22.2. The van der Waals surface area contributed by atoms with Gasteiger partial charge in [-0.3, -0.25) is 9.69 Å². The number of carbonyl (C=O) groups excluding carboxylic acids is 1. The molecule has 1 saturated heterocycles. The topological polar surface area (TPSA) is 48.0 Å². The number of nitrogens with zero attached hydrogens (tertiary/aromatic N) is 1. The molecule has 0 aliphatic carbocycles. The van der Waals surface area contributed by atoms with E-state index in [9.17, 15) is 4.79 Å². The van der Waals surface area contributed by atoms with E-state index < -0.39 is 0 Å². The molecule has 0 bridgehead atoms. The second-order valence-corrected chi connectivity index (χ2v) is 11.5. The fourth-order valence-corrected chi connectivity index (χ4v) is 5.17. The lowest BCUT2D eigenvalue weighted by Gasteiger charge is -2.19. The molecule has 0 aromatic heterocycles. The van der Waals surface area contributed by atoms with Crippen molar-refractivity contribution in [3.8, 4) is 17.2 Å². The molecule has 0 atom stereocenters. The first kappa shape index (κ1) is 27.7. The van der Waals surface area contributed by atoms with E-state index in [4.69, 9.17) is 26.4 Å². The fraction of sp³-hybridized carbons (Fsp3) is 0.290. The molecule has 1 heterocycles. The van der Waals surface area contributed by atoms with Crippen LogP contribution in [0.4, 0.5) is 0 Å². The molecule has 5 nitrogen and oxygen atoms in total. The molecule has 0 N–H and O–H groups in total. The zero-order valence-corrected chi connectivity index (χ0v) is 23.9. The van der Waals surface area contributed by atoms with Crippen molar-refractivity contribution >= 4 is 40.3 Å². The molecule has 1 fully saturated rings. The third kappa shape index (κ3) is 7.17. The Hall–Kier alpha value is -3.29. The molecule has 0 unspecified atom stereocenters. The van der Waals surface area contributed by atoms with Crippen LogP contribution in [0, 0.1) is 0 Å². The molecule has 3 aromatic carbocycles. The van der Waals surface area contributed by atoms with Crippen LogP contribution in [-0.4, -0.2) is 34.9 Å². The predicted molar refractivity (Wildman–Crippen MR) is 159 cm³/mol. The summed E-state index contributed by atoms with van der Waals surface area (Å²) in [4.78, 5) is 15.3. The third-order valence-electron chi connectivity index (χ3n) is 5.95. The Morgan fingerprint density at radius 1 is 0.895 bits per heavy atom. The summed E-state index contributed by atoms with van der Waals surface area (Å²) in [5, 5.41) is 0. The van der Waals surface area contributed by atoms with Crippen molar-refractivity contribution < 1.29 is 19.0 Å². The van der Waals surface area contributed by atoms with E-state index in [1.54, 1.807) is 4.90 Å². The van der Waals surface area contributed by atoms with E-state index >= 15 is 0 Å². The molecule has 7 heteroatoms. The Kier molecular flexibility index (Phi) is 9.13. The molecule has 38 heavy (non-hydrogen) atoms. The maximum absolute atomic E-state index is 13.0. The number of thiocarbonyl (C=S) groups is 1. The van der Waals surface area contributed by atoms with Gasteiger partial charge in [-0.25, -0.2) is 0 Å². The summed E-state index contributed by atoms with van der Waals surface area (Å²) in [7, 11) is 0. The summed E-state index contributed by atoms with van der Waals surface area (Å²) < 4.78 is 18.2. The van der Waals surface area contributed by atoms with E-state index in [2.05, 4.69) is 32.9 Å². The first-order chi connectivity index (χ1) is 18.2. The van der Waals surface area contributed by atoms with Crippen molar-refractivity contribution in [3.05, 3.63) is 94.4 Å². The Morgan fingerprint density at radius 2 is 1.61 bits per heavy atom. The van der Waals surface area contributed by atoms with Gasteiger partial charge in [-0.05, 0) is 59.4 Å². The van der Waals surface area contributed by atoms with Crippen molar-refractivity contribution in [2.45, 2.75) is 39.7 Å². The minimum atomic E-state index is -0.0881. The molecule has 0 spiro atoms. The highest BCUT2D eigenvalue weighted by molar-refractivity contribution is 8.26. The van der Waals surface area contributed by atoms with E-state index in [0.29, 0.717) is 47.1 Å². The highest BCUT2D eigenvalue weighted by Gasteiger charge is 2.32. The average Bonchev–Trinajstić information content (AvgIpc) is 3.15. The van der Waals surface area contributed by atoms with Gasteiger partial charge in [0.2, 0.25) is 0 Å². The maximum atomic E-state index is 13.0. The minimum Gasteiger partial charge on any atom is -0.490 e. The number of thioether (sulfide) groups is 1. The van der Waals surface area contributed by atoms with Gasteiger partial charge < -0.3 is 14.2 Å². The van der Waals surface area contributed by atoms with Crippen molar-refractivity contribution in [2.24, 2.45) is 0 Å². The number of amides is 1. The lowest BCUT2D eigenvalue weighted by Crippen LogP contribution is -2.27. The lowest BCUT2D eigenvalue weighted by atomic mass is 9.87. The number of rotatable bonds is 10. The number of ether oxygens (including phenoxy) is 3. The van der Waals surface area contributed by atoms with Gasteiger partial charge in [0, 0.05) is 0 Å². The Labute approximate surface area is 234 Å². The highest BCUT2D eigenvalue weighted by atomic mass is 32.2. The van der Waals surface area contributed by atoms with Crippen LogP contribution in [0.5, 0.6) is 17.2 Å². The first-order valence-corrected chi connectivity index (χ1v) is 13.9. The maximum Gasteiger partial charge on any atom is 0.266 e. The Morgan fingerprint density at radius 3 is 2.29 bits per heavy atom. The molecular formula is C31H33NO4S2. The van der Waals surface area contributed by atoms with Crippen molar-refractivity contribution in [3.63, 3.8) is 0 Å². The summed E-state index contributed by atoms with van der Waals surface area (Å²) in [6.45, 7) is 10.2. The molecule has 3 aromatic rings. The van der Waals surface area contributed by atoms with Crippen molar-refractivity contribution in [1.82, 2.24) is 4.90 Å². The fourth-order valence-electron chi connectivity index (χ4n) is 3.92. The van der Waals surface area contributed by atoms with Gasteiger partial charge in [0.25, 0.3) is 5.91 Å². The molecule has 1 amide bonds. The molecule has 0 radical (unpaired) electrons. The molecule has 1 aliphatic rings. The van der Waals surface area contributed by atoms with Gasteiger partial charge in [0.05, 0.1) is 18.1 Å². The summed E-state index contributed by atoms with van der Waals surface area (Å²) in [6, 6.07) is 23.7. The Balaban J connectivity index is 1.37. The van der Waals surface area contributed by atoms with Crippen molar-refractivity contribution in [1.29, 1.82) is 0 Å². The van der Waals surface area contributed by atoms with Crippen LogP contribution in [0.25, 0.3) is 6.08 Å². The number of hydrogen-bond acceptors (Lipinski definition) is 6. The predicted octanol–water partition coefficient (Wildman–Crippen LogP) is 7.24. The van der Waals surface area contributed by atoms with E-state index in [1.807, 2.05) is 73.7 Å². The standard InChI is InChI=1S/C31H33NO4S2/c1-5-34-27-19-23(20-28-29(33)32(30(37)38-28)21-22-9-7-6-8-10-22)11-16-26(27)36-18-17-35-25-14-12-24(13-15-25)31(2,3)4/h6-16,19-20H,5,17-18,21H2,1-4H3/b28-20+. The van der Waals surface area contributed by atoms with Crippen LogP contribution in [0.1, 0.15) is 44.4 Å². The van der Waals surface area contributed by atoms with E-state index in [-0.39, 0.29) is 11.3 Å². The van der Waals surface area contributed by atoms with Gasteiger partial charge in [-0.15, -0.1) is 0 Å². The summed E-state index contributed by atoms with van der Waals surface area (Å²) in [6.07, 6.45) is 1.85. The normalized spacial score (nSPS) is 14.7. The second-order valence-electron chi connectivity index (χ2n) is 9.86. The van der Waals surface area contributed by atoms with Crippen LogP contribution in [0.15, 0.2) is 77.7 Å². The number of hydrogen-bond donors (Lipinski definition) is 0. The quantitative estimate of drug-likeness (QED) is 0.151. The van der Waals surface area contributed by atoms with Gasteiger partial charge in [-0.2, -0.15) is 0 Å². The summed E-state index contributed by atoms with van der Waals surface area (Å²) in [5.41, 5.74) is 3.25. The molecule has 0 saturated carbocycles. The van der Waals surface area contributed by atoms with Gasteiger partial charge in [0.1, 0.15) is 23.3 Å². The van der Waals surface area contributed by atoms with Gasteiger partial charge in [0.15, 0.2) is 11.5 Å². The summed E-state index contributed by atoms with van der Waals surface area (Å²) >= 11 is 6.80. The monoisotopic (exact) mass is 547 g/mol. The smallest absolute Gasteiger partial charge is 0.266 e. The van der Waals surface area contributed by atoms with Gasteiger partial charge >= 0.3 is 0 Å². The van der Waals surface area contributed by atoms with E-state index in [0.717, 1.165) is 16.9 Å². The van der Waals surface area contributed by atoms with Crippen LogP contribution in [0.3, 0.4) is 0 Å². The number of carbonyl (C=O) groups is 1. The third-order valence-corrected chi connectivity index (χ3v) is 7.33. The summed E-state index contributed by atoms with van der Waals surface area (Å²) in [5.74, 6) is 1.98. The number of benzene rings is 3. The highest BCUT2D eigenvalue weighted by Crippen LogP contribution is 2.35. The largest absolute Gasteiger partial charge is 0.490 e. The zero-order chi connectivity index (χ0) is 27.1. The first-order valence-electron chi connectivity index (χ1n) is 12.7. The second kappa shape index (κ2) is 12.5. The Bertz CT molecular complexity index is 1300. The average molecular weight is 548 g/mol. The molecule has 1 aliphatic heterocycles. The van der Waals surface area contributed by atoms with Gasteiger partial charge in [-0.1, -0.05) is 93.3 Å². The van der Waals surface area contributed by atoms with E-state index in [1.165, 1.54) is 17.3 Å². The van der Waals surface area contributed by atoms with Crippen LogP contribution in [-0.2, 0) is 16.8 Å². The molecular weight excluding hydrogens is 514 g/mol. The lowest BCUT2D eigenvalue weighted by molar-refractivity contribution is -0.122. The van der Waals surface area contributed by atoms with Crippen LogP contribution in [0.2, 0.25) is 0 Å².